The smallest absolute Gasteiger partial charge is 0.0497 e. The Balaban J connectivity index is 2.09. The standard InChI is InChI=1S/C18H28N2/c1-18(2,3)16-11-9-15(10-12-16)17(20-19)13-14-7-5-4-6-8-14/h7,9-12,17,20H,4-6,8,13,19H2,1-3H3. The van der Waals surface area contributed by atoms with Crippen molar-refractivity contribution in [2.45, 2.75) is 64.3 Å². The summed E-state index contributed by atoms with van der Waals surface area (Å²) in [5.74, 6) is 5.77. The summed E-state index contributed by atoms with van der Waals surface area (Å²) in [7, 11) is 0. The van der Waals surface area contributed by atoms with Crippen molar-refractivity contribution >= 4 is 0 Å². The Bertz CT molecular complexity index is 451. The van der Waals surface area contributed by atoms with E-state index in [9.17, 15) is 0 Å². The van der Waals surface area contributed by atoms with Crippen LogP contribution in [0.15, 0.2) is 35.9 Å². The van der Waals surface area contributed by atoms with Gasteiger partial charge in [-0.25, -0.2) is 0 Å². The molecule has 0 amide bonds. The largest absolute Gasteiger partial charge is 0.271 e. The minimum absolute atomic E-state index is 0.204. The van der Waals surface area contributed by atoms with Gasteiger partial charge >= 0.3 is 0 Å². The van der Waals surface area contributed by atoms with E-state index in [1.165, 1.54) is 36.8 Å². The fourth-order valence-electron chi connectivity index (χ4n) is 2.84. The molecule has 0 saturated carbocycles. The number of benzene rings is 1. The van der Waals surface area contributed by atoms with Gasteiger partial charge in [0.15, 0.2) is 0 Å². The lowest BCUT2D eigenvalue weighted by Gasteiger charge is -2.23. The molecule has 3 N–H and O–H groups in total. The average molecular weight is 272 g/mol. The van der Waals surface area contributed by atoms with Crippen molar-refractivity contribution in [2.75, 3.05) is 0 Å². The van der Waals surface area contributed by atoms with E-state index in [4.69, 9.17) is 5.84 Å². The molecule has 20 heavy (non-hydrogen) atoms. The van der Waals surface area contributed by atoms with Crippen LogP contribution in [0.5, 0.6) is 0 Å². The normalized spacial score (nSPS) is 17.7. The van der Waals surface area contributed by atoms with E-state index in [1.807, 2.05) is 0 Å². The highest BCUT2D eigenvalue weighted by atomic mass is 15.2. The monoisotopic (exact) mass is 272 g/mol. The Kier molecular flexibility index (Phi) is 5.00. The van der Waals surface area contributed by atoms with E-state index < -0.39 is 0 Å². The molecule has 2 rings (SSSR count). The van der Waals surface area contributed by atoms with Gasteiger partial charge in [-0.15, -0.1) is 0 Å². The maximum Gasteiger partial charge on any atom is 0.0497 e. The van der Waals surface area contributed by atoms with Crippen LogP contribution in [-0.4, -0.2) is 0 Å². The van der Waals surface area contributed by atoms with Crippen molar-refractivity contribution < 1.29 is 0 Å². The lowest BCUT2D eigenvalue weighted by molar-refractivity contribution is 0.527. The summed E-state index contributed by atoms with van der Waals surface area (Å²) in [4.78, 5) is 0. The maximum atomic E-state index is 5.77. The molecule has 0 aromatic heterocycles. The number of allylic oxidation sites excluding steroid dienone is 1. The molecule has 1 aliphatic rings. The predicted octanol–water partition coefficient (Wildman–Crippen LogP) is 4.38. The van der Waals surface area contributed by atoms with Crippen molar-refractivity contribution in [1.82, 2.24) is 5.43 Å². The molecule has 2 heteroatoms. The van der Waals surface area contributed by atoms with Gasteiger partial charge in [0.05, 0.1) is 0 Å². The molecule has 0 radical (unpaired) electrons. The molecule has 0 fully saturated rings. The first-order valence-corrected chi connectivity index (χ1v) is 7.75. The molecule has 1 aliphatic carbocycles. The van der Waals surface area contributed by atoms with Crippen LogP contribution in [0.1, 0.15) is 70.0 Å². The number of hydrazine groups is 1. The second kappa shape index (κ2) is 6.55. The van der Waals surface area contributed by atoms with Crippen LogP contribution in [-0.2, 0) is 5.41 Å². The molecule has 0 spiro atoms. The lowest BCUT2D eigenvalue weighted by atomic mass is 9.85. The molecule has 1 atom stereocenters. The van der Waals surface area contributed by atoms with E-state index in [0.29, 0.717) is 0 Å². The summed E-state index contributed by atoms with van der Waals surface area (Å²) in [5, 5.41) is 0. The molecule has 1 aromatic carbocycles. The van der Waals surface area contributed by atoms with Crippen LogP contribution in [0.2, 0.25) is 0 Å². The molecule has 110 valence electrons. The van der Waals surface area contributed by atoms with Crippen LogP contribution >= 0.6 is 0 Å². The highest BCUT2D eigenvalue weighted by Crippen LogP contribution is 2.29. The van der Waals surface area contributed by atoms with E-state index in [1.54, 1.807) is 5.57 Å². The molecule has 2 nitrogen and oxygen atoms in total. The lowest BCUT2D eigenvalue weighted by Crippen LogP contribution is -2.28. The molecule has 1 unspecified atom stereocenters. The number of nitrogens with two attached hydrogens (primary N) is 1. The Morgan fingerprint density at radius 2 is 1.85 bits per heavy atom. The molecular weight excluding hydrogens is 244 g/mol. The quantitative estimate of drug-likeness (QED) is 0.485. The van der Waals surface area contributed by atoms with Crippen molar-refractivity contribution in [3.63, 3.8) is 0 Å². The first-order chi connectivity index (χ1) is 9.50. The van der Waals surface area contributed by atoms with E-state index in [0.717, 1.165) is 6.42 Å². The summed E-state index contributed by atoms with van der Waals surface area (Å²) in [5.41, 5.74) is 7.40. The first-order valence-electron chi connectivity index (χ1n) is 7.75. The Morgan fingerprint density at radius 1 is 1.15 bits per heavy atom. The summed E-state index contributed by atoms with van der Waals surface area (Å²) < 4.78 is 0. The van der Waals surface area contributed by atoms with Gasteiger partial charge in [-0.2, -0.15) is 0 Å². The number of hydrogen-bond acceptors (Lipinski definition) is 2. The van der Waals surface area contributed by atoms with Gasteiger partial charge < -0.3 is 0 Å². The van der Waals surface area contributed by atoms with Gasteiger partial charge in [0.2, 0.25) is 0 Å². The maximum absolute atomic E-state index is 5.77. The third-order valence-electron chi connectivity index (χ3n) is 4.23. The van der Waals surface area contributed by atoms with Gasteiger partial charge in [0.25, 0.3) is 0 Å². The van der Waals surface area contributed by atoms with Crippen LogP contribution < -0.4 is 11.3 Å². The number of rotatable bonds is 4. The Morgan fingerprint density at radius 3 is 2.35 bits per heavy atom. The predicted molar refractivity (Wildman–Crippen MR) is 86.4 cm³/mol. The fraction of sp³-hybridized carbons (Fsp3) is 0.556. The van der Waals surface area contributed by atoms with Gasteiger partial charge in [0.1, 0.15) is 0 Å². The van der Waals surface area contributed by atoms with E-state index in [-0.39, 0.29) is 11.5 Å². The first kappa shape index (κ1) is 15.3. The fourth-order valence-corrected chi connectivity index (χ4v) is 2.84. The summed E-state index contributed by atoms with van der Waals surface area (Å²) in [6.45, 7) is 6.73. The third-order valence-corrected chi connectivity index (χ3v) is 4.23. The number of nitrogens with one attached hydrogen (secondary N) is 1. The van der Waals surface area contributed by atoms with Crippen molar-refractivity contribution in [1.29, 1.82) is 0 Å². The number of hydrogen-bond donors (Lipinski definition) is 2. The zero-order chi connectivity index (χ0) is 14.6. The highest BCUT2D eigenvalue weighted by Gasteiger charge is 2.16. The second-order valence-corrected chi connectivity index (χ2v) is 6.90. The van der Waals surface area contributed by atoms with Crippen LogP contribution in [0.4, 0.5) is 0 Å². The van der Waals surface area contributed by atoms with Crippen molar-refractivity contribution in [2.24, 2.45) is 5.84 Å². The molecule has 0 heterocycles. The van der Waals surface area contributed by atoms with E-state index in [2.05, 4.69) is 56.5 Å². The topological polar surface area (TPSA) is 38.0 Å². The average Bonchev–Trinajstić information content (AvgIpc) is 2.45. The van der Waals surface area contributed by atoms with Crippen LogP contribution in [0, 0.1) is 0 Å². The minimum Gasteiger partial charge on any atom is -0.271 e. The second-order valence-electron chi connectivity index (χ2n) is 6.90. The van der Waals surface area contributed by atoms with E-state index >= 15 is 0 Å². The van der Waals surface area contributed by atoms with Crippen LogP contribution in [0.3, 0.4) is 0 Å². The summed E-state index contributed by atoms with van der Waals surface area (Å²) in [6.07, 6.45) is 8.56. The zero-order valence-electron chi connectivity index (χ0n) is 13.1. The molecule has 0 aliphatic heterocycles. The zero-order valence-corrected chi connectivity index (χ0v) is 13.1. The molecular formula is C18H28N2. The third kappa shape index (κ3) is 3.94. The van der Waals surface area contributed by atoms with Gasteiger partial charge in [-0.1, -0.05) is 56.7 Å². The van der Waals surface area contributed by atoms with Gasteiger partial charge in [-0.05, 0) is 48.6 Å². The summed E-state index contributed by atoms with van der Waals surface area (Å²) >= 11 is 0. The minimum atomic E-state index is 0.204. The SMILES string of the molecule is CC(C)(C)c1ccc(C(CC2=CCCCC2)NN)cc1. The van der Waals surface area contributed by atoms with Crippen molar-refractivity contribution in [3.05, 3.63) is 47.0 Å². The van der Waals surface area contributed by atoms with Crippen molar-refractivity contribution in [3.8, 4) is 0 Å². The Hall–Kier alpha value is -1.12. The summed E-state index contributed by atoms with van der Waals surface area (Å²) in [6, 6.07) is 9.13. The molecule has 1 aromatic rings. The molecule has 0 bridgehead atoms. The highest BCUT2D eigenvalue weighted by molar-refractivity contribution is 5.30. The molecule has 0 saturated heterocycles. The van der Waals surface area contributed by atoms with Gasteiger partial charge in [-0.3, -0.25) is 11.3 Å². The van der Waals surface area contributed by atoms with Crippen LogP contribution in [0.25, 0.3) is 0 Å². The van der Waals surface area contributed by atoms with Gasteiger partial charge in [0, 0.05) is 6.04 Å². The Labute approximate surface area is 123 Å².